The summed E-state index contributed by atoms with van der Waals surface area (Å²) in [6.45, 7) is 1.43. The summed E-state index contributed by atoms with van der Waals surface area (Å²) in [5.41, 5.74) is 7.27. The van der Waals surface area contributed by atoms with Crippen molar-refractivity contribution in [2.24, 2.45) is 0 Å². The normalized spacial score (nSPS) is 10.3. The molecule has 2 N–H and O–H groups in total. The number of hydrogen-bond acceptors (Lipinski definition) is 3. The minimum atomic E-state index is -0.618. The third-order valence-corrected chi connectivity index (χ3v) is 2.87. The van der Waals surface area contributed by atoms with Crippen molar-refractivity contribution in [1.82, 2.24) is 0 Å². The maximum absolute atomic E-state index is 13.4. The predicted molar refractivity (Wildman–Crippen MR) is 71.1 cm³/mol. The van der Waals surface area contributed by atoms with E-state index in [1.807, 2.05) is 0 Å². The van der Waals surface area contributed by atoms with Crippen LogP contribution in [0.2, 0.25) is 0 Å². The lowest BCUT2D eigenvalue weighted by Crippen LogP contribution is -2.07. The van der Waals surface area contributed by atoms with Gasteiger partial charge in [0.25, 0.3) is 0 Å². The van der Waals surface area contributed by atoms with Crippen molar-refractivity contribution in [2.75, 3.05) is 5.73 Å². The van der Waals surface area contributed by atoms with Gasteiger partial charge in [-0.05, 0) is 48.9 Å². The molecule has 0 fully saturated rings. The SMILES string of the molecule is Cc1cc(C(=O)OCc2cc(F)ccc2F)ccc1N. The molecular weight excluding hydrogens is 264 g/mol. The van der Waals surface area contributed by atoms with Gasteiger partial charge in [-0.25, -0.2) is 13.6 Å². The molecule has 0 aromatic heterocycles. The number of anilines is 1. The predicted octanol–water partition coefficient (Wildman–Crippen LogP) is 3.21. The molecule has 0 saturated carbocycles. The lowest BCUT2D eigenvalue weighted by Gasteiger charge is -2.07. The molecule has 0 heterocycles. The standard InChI is InChI=1S/C15H13F2NO2/c1-9-6-10(2-5-14(9)18)15(19)20-8-11-7-12(16)3-4-13(11)17/h2-7H,8,18H2,1H3. The maximum atomic E-state index is 13.4. The summed E-state index contributed by atoms with van der Waals surface area (Å²) in [5.74, 6) is -1.81. The highest BCUT2D eigenvalue weighted by Crippen LogP contribution is 2.15. The number of benzene rings is 2. The molecule has 0 unspecified atom stereocenters. The third kappa shape index (κ3) is 3.12. The number of halogens is 2. The zero-order valence-electron chi connectivity index (χ0n) is 10.8. The number of esters is 1. The highest BCUT2D eigenvalue weighted by molar-refractivity contribution is 5.90. The molecule has 0 bridgehead atoms. The van der Waals surface area contributed by atoms with Crippen LogP contribution >= 0.6 is 0 Å². The van der Waals surface area contributed by atoms with Crippen molar-refractivity contribution in [3.05, 3.63) is 64.7 Å². The number of rotatable bonds is 3. The van der Waals surface area contributed by atoms with Crippen molar-refractivity contribution in [3.8, 4) is 0 Å². The van der Waals surface area contributed by atoms with Crippen LogP contribution in [0.3, 0.4) is 0 Å². The number of aryl methyl sites for hydroxylation is 1. The number of nitrogen functional groups attached to an aromatic ring is 1. The van der Waals surface area contributed by atoms with Crippen LogP contribution in [-0.2, 0) is 11.3 Å². The van der Waals surface area contributed by atoms with E-state index in [1.54, 1.807) is 19.1 Å². The Balaban J connectivity index is 2.08. The lowest BCUT2D eigenvalue weighted by atomic mass is 10.1. The van der Waals surface area contributed by atoms with Gasteiger partial charge in [-0.3, -0.25) is 0 Å². The van der Waals surface area contributed by atoms with E-state index in [-0.39, 0.29) is 12.2 Å². The Morgan fingerprint density at radius 1 is 1.20 bits per heavy atom. The molecule has 2 aromatic rings. The second-order valence-corrected chi connectivity index (χ2v) is 4.38. The molecule has 0 spiro atoms. The quantitative estimate of drug-likeness (QED) is 0.692. The zero-order chi connectivity index (χ0) is 14.7. The van der Waals surface area contributed by atoms with Gasteiger partial charge in [0.05, 0.1) is 5.56 Å². The smallest absolute Gasteiger partial charge is 0.338 e. The van der Waals surface area contributed by atoms with Gasteiger partial charge in [-0.1, -0.05) is 0 Å². The summed E-state index contributed by atoms with van der Waals surface area (Å²) in [6, 6.07) is 7.69. The Morgan fingerprint density at radius 2 is 1.95 bits per heavy atom. The molecule has 0 atom stereocenters. The van der Waals surface area contributed by atoms with Crippen LogP contribution in [0.15, 0.2) is 36.4 Å². The highest BCUT2D eigenvalue weighted by Gasteiger charge is 2.11. The fourth-order valence-corrected chi connectivity index (χ4v) is 1.68. The number of carbonyl (C=O) groups excluding carboxylic acids is 1. The molecule has 2 aromatic carbocycles. The van der Waals surface area contributed by atoms with Crippen LogP contribution in [0.5, 0.6) is 0 Å². The molecule has 104 valence electrons. The molecule has 0 aliphatic carbocycles. The Hall–Kier alpha value is -2.43. The largest absolute Gasteiger partial charge is 0.457 e. The first kappa shape index (κ1) is 14.0. The van der Waals surface area contributed by atoms with Crippen LogP contribution in [0.1, 0.15) is 21.5 Å². The fourth-order valence-electron chi connectivity index (χ4n) is 1.68. The van der Waals surface area contributed by atoms with Crippen LogP contribution in [0.25, 0.3) is 0 Å². The second-order valence-electron chi connectivity index (χ2n) is 4.38. The van der Waals surface area contributed by atoms with Gasteiger partial charge in [-0.15, -0.1) is 0 Å². The summed E-state index contributed by atoms with van der Waals surface area (Å²) in [4.78, 5) is 11.8. The number of hydrogen-bond donors (Lipinski definition) is 1. The summed E-state index contributed by atoms with van der Waals surface area (Å²) >= 11 is 0. The topological polar surface area (TPSA) is 52.3 Å². The molecule has 0 radical (unpaired) electrons. The maximum Gasteiger partial charge on any atom is 0.338 e. The van der Waals surface area contributed by atoms with E-state index in [9.17, 15) is 13.6 Å². The van der Waals surface area contributed by atoms with Gasteiger partial charge >= 0.3 is 5.97 Å². The number of ether oxygens (including phenoxy) is 1. The van der Waals surface area contributed by atoms with Gasteiger partial charge in [0, 0.05) is 11.3 Å². The Labute approximate surface area is 115 Å². The van der Waals surface area contributed by atoms with Gasteiger partial charge in [0.15, 0.2) is 0 Å². The van der Waals surface area contributed by atoms with Gasteiger partial charge in [-0.2, -0.15) is 0 Å². The van der Waals surface area contributed by atoms with Crippen LogP contribution in [0, 0.1) is 18.6 Å². The summed E-state index contributed by atoms with van der Waals surface area (Å²) < 4.78 is 31.3. The van der Waals surface area contributed by atoms with Crippen LogP contribution in [0.4, 0.5) is 14.5 Å². The Kier molecular flexibility index (Phi) is 3.98. The second kappa shape index (κ2) is 5.69. The Morgan fingerprint density at radius 3 is 2.65 bits per heavy atom. The van der Waals surface area contributed by atoms with E-state index in [0.29, 0.717) is 11.3 Å². The average molecular weight is 277 g/mol. The van der Waals surface area contributed by atoms with E-state index < -0.39 is 17.6 Å². The van der Waals surface area contributed by atoms with Crippen molar-refractivity contribution in [1.29, 1.82) is 0 Å². The molecule has 2 rings (SSSR count). The summed E-state index contributed by atoms with van der Waals surface area (Å²) in [7, 11) is 0. The fraction of sp³-hybridized carbons (Fsp3) is 0.133. The molecule has 20 heavy (non-hydrogen) atoms. The van der Waals surface area contributed by atoms with E-state index in [2.05, 4.69) is 0 Å². The first-order chi connectivity index (χ1) is 9.47. The highest BCUT2D eigenvalue weighted by atomic mass is 19.1. The van der Waals surface area contributed by atoms with Crippen molar-refractivity contribution in [2.45, 2.75) is 13.5 Å². The van der Waals surface area contributed by atoms with Gasteiger partial charge in [0.2, 0.25) is 0 Å². The van der Waals surface area contributed by atoms with E-state index >= 15 is 0 Å². The molecule has 0 saturated heterocycles. The van der Waals surface area contributed by atoms with Crippen molar-refractivity contribution in [3.63, 3.8) is 0 Å². The number of carbonyl (C=O) groups is 1. The number of nitrogens with two attached hydrogens (primary N) is 1. The minimum Gasteiger partial charge on any atom is -0.457 e. The molecule has 5 heteroatoms. The molecule has 0 amide bonds. The third-order valence-electron chi connectivity index (χ3n) is 2.87. The summed E-state index contributed by atoms with van der Waals surface area (Å²) in [6.07, 6.45) is 0. The Bertz CT molecular complexity index is 656. The van der Waals surface area contributed by atoms with E-state index in [0.717, 1.165) is 23.8 Å². The molecule has 0 aliphatic heterocycles. The minimum absolute atomic E-state index is 0.00878. The van der Waals surface area contributed by atoms with Crippen molar-refractivity contribution < 1.29 is 18.3 Å². The first-order valence-electron chi connectivity index (χ1n) is 5.94. The molecule has 0 aliphatic rings. The van der Waals surface area contributed by atoms with Gasteiger partial charge in [0.1, 0.15) is 18.2 Å². The van der Waals surface area contributed by atoms with Gasteiger partial charge < -0.3 is 10.5 Å². The summed E-state index contributed by atoms with van der Waals surface area (Å²) in [5, 5.41) is 0. The van der Waals surface area contributed by atoms with E-state index in [4.69, 9.17) is 10.5 Å². The molecular formula is C15H13F2NO2. The zero-order valence-corrected chi connectivity index (χ0v) is 10.8. The lowest BCUT2D eigenvalue weighted by molar-refractivity contribution is 0.0468. The monoisotopic (exact) mass is 277 g/mol. The first-order valence-corrected chi connectivity index (χ1v) is 5.94. The average Bonchev–Trinajstić information content (AvgIpc) is 2.42. The van der Waals surface area contributed by atoms with Crippen molar-refractivity contribution >= 4 is 11.7 Å². The van der Waals surface area contributed by atoms with E-state index in [1.165, 1.54) is 6.07 Å². The molecule has 3 nitrogen and oxygen atoms in total. The van der Waals surface area contributed by atoms with Crippen LogP contribution < -0.4 is 5.73 Å². The van der Waals surface area contributed by atoms with Crippen LogP contribution in [-0.4, -0.2) is 5.97 Å².